The van der Waals surface area contributed by atoms with E-state index < -0.39 is 15.9 Å². The number of aryl methyl sites for hydroxylation is 11. The molecule has 0 heterocycles. The Labute approximate surface area is 606 Å². The molecule has 0 aliphatic heterocycles. The van der Waals surface area contributed by atoms with E-state index in [4.69, 9.17) is 15.3 Å². The molecule has 0 spiro atoms. The molecule has 0 saturated carbocycles. The summed E-state index contributed by atoms with van der Waals surface area (Å²) in [7, 11) is -2.33. The first-order valence-electron chi connectivity index (χ1n) is 33.8. The minimum atomic E-state index is -4.22. The predicted octanol–water partition coefficient (Wildman–Crippen LogP) is 16.1. The van der Waals surface area contributed by atoms with Crippen LogP contribution in [0.2, 0.25) is 0 Å². The first-order valence-corrected chi connectivity index (χ1v) is 35.4. The number of hydrogen-bond donors (Lipinski definition) is 10. The summed E-state index contributed by atoms with van der Waals surface area (Å²) in [6.45, 7) is 37.2. The molecule has 0 aliphatic rings. The van der Waals surface area contributed by atoms with Crippen molar-refractivity contribution in [2.24, 2.45) is 0 Å². The Morgan fingerprint density at radius 3 is 1.28 bits per heavy atom. The Kier molecular flexibility index (Phi) is 42.8. The summed E-state index contributed by atoms with van der Waals surface area (Å²) in [5, 5.41) is 81.2. The predicted molar refractivity (Wildman–Crippen MR) is 397 cm³/mol. The number of nitrogens with one attached hydrogen (secondary N) is 2. The van der Waals surface area contributed by atoms with Crippen molar-refractivity contribution in [2.45, 2.75) is 244 Å². The fourth-order valence-corrected chi connectivity index (χ4v) is 11.1. The van der Waals surface area contributed by atoms with Crippen LogP contribution in [-0.4, -0.2) is 66.8 Å². The number of aliphatic hydroxyl groups is 1. The Morgan fingerprint density at radius 1 is 0.454 bits per heavy atom. The summed E-state index contributed by atoms with van der Waals surface area (Å²) >= 11 is 0. The van der Waals surface area contributed by atoms with Crippen molar-refractivity contribution in [3.05, 3.63) is 198 Å². The number of rotatable bonds is 20. The fourth-order valence-electron chi connectivity index (χ4n) is 10.5. The number of carbonyl (C=O) groups excluding carboxylic acids is 1. The van der Waals surface area contributed by atoms with Gasteiger partial charge in [0.1, 0.15) is 40.2 Å². The number of amides is 1. The van der Waals surface area contributed by atoms with Crippen LogP contribution < -0.4 is 40.2 Å². The average Bonchev–Trinajstić information content (AvgIpc) is 0.795. The smallest absolute Gasteiger partial charge is 0.748 e. The first kappa shape index (κ1) is 90.4. The van der Waals surface area contributed by atoms with E-state index in [0.717, 1.165) is 69.5 Å². The van der Waals surface area contributed by atoms with E-state index in [-0.39, 0.29) is 64.4 Å². The van der Waals surface area contributed by atoms with Gasteiger partial charge in [-0.15, -0.1) is 0 Å². The number of aliphatic hydroxyl groups excluding tert-OH is 1. The Morgan fingerprint density at radius 2 is 0.866 bits per heavy atom. The quantitative estimate of drug-likeness (QED) is 0.0148. The van der Waals surface area contributed by atoms with Crippen LogP contribution in [-0.2, 0) is 57.5 Å². The van der Waals surface area contributed by atoms with E-state index in [1.807, 2.05) is 73.7 Å². The van der Waals surface area contributed by atoms with Gasteiger partial charge in [-0.3, -0.25) is 4.79 Å². The van der Waals surface area contributed by atoms with E-state index in [2.05, 4.69) is 104 Å². The third kappa shape index (κ3) is 37.3. The maximum atomic E-state index is 10.7. The summed E-state index contributed by atoms with van der Waals surface area (Å²) in [4.78, 5) is 10.7. The first-order chi connectivity index (χ1) is 44.8. The van der Waals surface area contributed by atoms with Gasteiger partial charge in [-0.25, -0.2) is 8.42 Å². The van der Waals surface area contributed by atoms with Crippen molar-refractivity contribution >= 4 is 21.7 Å². The zero-order valence-electron chi connectivity index (χ0n) is 62.5. The maximum absolute atomic E-state index is 10.7. The fraction of sp³-hybridized carbons (Fsp3) is 0.469. The monoisotopic (exact) mass is 1370 g/mol. The second-order valence-electron chi connectivity index (χ2n) is 27.4. The van der Waals surface area contributed by atoms with Crippen LogP contribution in [0.4, 0.5) is 5.69 Å². The molecule has 0 aliphatic carbocycles. The zero-order chi connectivity index (χ0) is 73.1. The number of aromatic hydroxyl groups is 7. The largest absolute Gasteiger partial charge is 1.00 e. The minimum absolute atomic E-state index is 0. The second-order valence-corrected chi connectivity index (χ2v) is 28.8. The third-order valence-electron chi connectivity index (χ3n) is 15.7. The van der Waals surface area contributed by atoms with Crippen molar-refractivity contribution in [3.63, 3.8) is 0 Å². The Hall–Kier alpha value is -6.56. The van der Waals surface area contributed by atoms with Gasteiger partial charge in [-0.1, -0.05) is 209 Å². The van der Waals surface area contributed by atoms with Crippen LogP contribution in [0.25, 0.3) is 0 Å². The number of benzene rings is 7. The van der Waals surface area contributed by atoms with Crippen molar-refractivity contribution in [1.29, 1.82) is 0 Å². The van der Waals surface area contributed by atoms with Crippen molar-refractivity contribution in [3.8, 4) is 40.2 Å². The molecule has 10 N–H and O–H groups in total. The molecule has 14 nitrogen and oxygen atoms in total. The number of phenols is 7. The molecule has 0 bridgehead atoms. The van der Waals surface area contributed by atoms with Crippen LogP contribution in [0.5, 0.6) is 40.2 Å². The summed E-state index contributed by atoms with van der Waals surface area (Å²) in [6, 6.07) is 32.0. The summed E-state index contributed by atoms with van der Waals surface area (Å²) < 4.78 is 30.8. The molecule has 0 saturated heterocycles. The molecular formula is C81H119N2NaO12S. The number of unbranched alkanes of at least 4 members (excludes halogenated alkanes) is 10. The molecule has 0 unspecified atom stereocenters. The van der Waals surface area contributed by atoms with Gasteiger partial charge < -0.3 is 56.0 Å². The van der Waals surface area contributed by atoms with Crippen LogP contribution in [0.3, 0.4) is 0 Å². The molecule has 7 aromatic carbocycles. The second kappa shape index (κ2) is 45.9. The molecule has 0 fully saturated rings. The van der Waals surface area contributed by atoms with Crippen LogP contribution in [0.15, 0.2) is 109 Å². The standard InChI is InChI=1S/C23H40O.C15H24O.C9H11NO2.C9H13NO.C9H12O2.C9H12O.C7H8O4S.Na/c1-4-6-8-10-12-14-16-21-18-20(3)19-22(23(21)24)17-15-13-11-9-7-5-2;1-10-8-11(14(2,3)4)13(16)12(9-10)15(5,6)7;1-6-3-4-9(12)8(5-6)10-7(2)11;1-7-3-4-9(11)5-8(7)6-10-2;1-6-3-8(5-10)4-7(2)9(6)11;1-6-4-7(2)9(10)8(3)5-6;8-7-3-1-6(2-4-7)5-12(9,10)11;/h18-19,24H,4-17H2,1-3H3;8-9,16H,1-7H3;3-5,12H,1-2H3,(H,10,11);3-5,10-11H,6H2,1-2H3;3-4,10-11H,5H2,1-2H3;4-5,10H,1-3H3;1-4,8H,5H2,(H,9,10,11);/q;;;;;;;+1/p-1. The minimum Gasteiger partial charge on any atom is -0.748 e. The van der Waals surface area contributed by atoms with E-state index in [9.17, 15) is 43.3 Å². The van der Waals surface area contributed by atoms with E-state index in [1.165, 1.54) is 142 Å². The molecule has 0 atom stereocenters. The normalized spacial score (nSPS) is 10.8. The summed E-state index contributed by atoms with van der Waals surface area (Å²) in [5.41, 5.74) is 16.7. The molecule has 97 heavy (non-hydrogen) atoms. The van der Waals surface area contributed by atoms with Gasteiger partial charge in [0.15, 0.2) is 0 Å². The van der Waals surface area contributed by atoms with Crippen molar-refractivity contribution in [2.75, 3.05) is 12.4 Å². The van der Waals surface area contributed by atoms with Crippen LogP contribution >= 0.6 is 0 Å². The Balaban J connectivity index is 0.00000113. The molecule has 1 amide bonds. The van der Waals surface area contributed by atoms with Gasteiger partial charge in [0.25, 0.3) is 0 Å². The maximum Gasteiger partial charge on any atom is 1.00 e. The zero-order valence-corrected chi connectivity index (χ0v) is 65.3. The van der Waals surface area contributed by atoms with E-state index in [1.54, 1.807) is 42.5 Å². The van der Waals surface area contributed by atoms with Crippen LogP contribution in [0.1, 0.15) is 228 Å². The average molecular weight is 1370 g/mol. The number of anilines is 1. The topological polar surface area (TPSA) is 260 Å². The van der Waals surface area contributed by atoms with E-state index in [0.29, 0.717) is 40.0 Å². The number of hydrogen-bond acceptors (Lipinski definition) is 13. The SMILES string of the molecule is CC(=O)Nc1cc(C)ccc1O.CCCCCCCCc1cc(C)cc(CCCCCCCC)c1O.CNCc1cc(O)ccc1C.Cc1cc(C(C)(C)C)c(O)c(C(C)(C)C)c1.Cc1cc(C)c(O)c(C)c1.Cc1cc(CO)cc(C)c1O.O=S(=O)([O-])Cc1ccc(O)cc1.[Na+]. The van der Waals surface area contributed by atoms with Gasteiger partial charge in [0, 0.05) is 13.5 Å². The number of carbonyl (C=O) groups is 1. The summed E-state index contributed by atoms with van der Waals surface area (Å²) in [6.07, 6.45) is 17.8. The number of phenolic OH excluding ortho intramolecular Hbond substituents is 7. The Bertz CT molecular complexity index is 3450. The third-order valence-corrected chi connectivity index (χ3v) is 16.4. The molecular weight excluding hydrogens is 1250 g/mol. The molecule has 0 radical (unpaired) electrons. The molecule has 532 valence electrons. The van der Waals surface area contributed by atoms with Gasteiger partial charge in [0.2, 0.25) is 5.91 Å². The van der Waals surface area contributed by atoms with E-state index >= 15 is 0 Å². The molecule has 7 rings (SSSR count). The van der Waals surface area contributed by atoms with Gasteiger partial charge in [-0.05, 0) is 215 Å². The molecule has 16 heteroatoms. The van der Waals surface area contributed by atoms with Gasteiger partial charge in [0.05, 0.1) is 28.2 Å². The van der Waals surface area contributed by atoms with Crippen LogP contribution in [0, 0.1) is 62.3 Å². The van der Waals surface area contributed by atoms with Crippen molar-refractivity contribution in [1.82, 2.24) is 5.32 Å². The van der Waals surface area contributed by atoms with Crippen molar-refractivity contribution < 1.29 is 88.2 Å². The molecule has 0 aromatic heterocycles. The summed E-state index contributed by atoms with van der Waals surface area (Å²) in [5.74, 6) is 1.54. The van der Waals surface area contributed by atoms with Gasteiger partial charge >= 0.3 is 29.6 Å². The van der Waals surface area contributed by atoms with Gasteiger partial charge in [-0.2, -0.15) is 0 Å². The molecule has 7 aromatic rings.